The minimum Gasteiger partial charge on any atom is -0.332 e. The van der Waals surface area contributed by atoms with Crippen LogP contribution in [0.15, 0.2) is 0 Å². The molecule has 0 saturated heterocycles. The summed E-state index contributed by atoms with van der Waals surface area (Å²) in [5, 5.41) is 0. The fourth-order valence-electron chi connectivity index (χ4n) is 0.568. The van der Waals surface area contributed by atoms with Crippen LogP contribution >= 0.6 is 0 Å². The van der Waals surface area contributed by atoms with E-state index in [0.29, 0.717) is 0 Å². The lowest BCUT2D eigenvalue weighted by Gasteiger charge is -2.24. The monoisotopic (exact) mass is 204 g/mol. The summed E-state index contributed by atoms with van der Waals surface area (Å²) >= 11 is 0. The Hall–Kier alpha value is -0.890. The van der Waals surface area contributed by atoms with Gasteiger partial charge < -0.3 is 4.74 Å². The molecule has 3 N–H and O–H groups in total. The Kier molecular flexibility index (Phi) is 3.61. The van der Waals surface area contributed by atoms with Crippen LogP contribution in [0.25, 0.3) is 0 Å². The van der Waals surface area contributed by atoms with Crippen LogP contribution in [0.1, 0.15) is 6.92 Å². The van der Waals surface area contributed by atoms with Gasteiger partial charge in [-0.3, -0.25) is 10.2 Å². The number of amides is 1. The third-order valence-electron chi connectivity index (χ3n) is 1.13. The molecule has 0 aliphatic heterocycles. The molecule has 0 aromatic rings. The molecule has 0 spiro atoms. The zero-order valence-electron chi connectivity index (χ0n) is 6.61. The predicted molar refractivity (Wildman–Crippen MR) is 33.9 cm³/mol. The molecule has 0 fully saturated rings. The van der Waals surface area contributed by atoms with Crippen LogP contribution in [-0.4, -0.2) is 24.5 Å². The molecule has 4 nitrogen and oxygen atoms in total. The Morgan fingerprint density at radius 1 is 1.46 bits per heavy atom. The van der Waals surface area contributed by atoms with Crippen LogP contribution < -0.4 is 11.3 Å². The number of halogens is 4. The summed E-state index contributed by atoms with van der Waals surface area (Å²) in [6, 6.07) is 0. The predicted octanol–water partition coefficient (Wildman–Crippen LogP) is 0.241. The number of carbonyl (C=O) groups excluding carboxylic acids is 1. The number of ether oxygens (including phenoxy) is 1. The van der Waals surface area contributed by atoms with Gasteiger partial charge in [0.15, 0.2) is 0 Å². The van der Waals surface area contributed by atoms with E-state index in [4.69, 9.17) is 0 Å². The normalized spacial score (nSPS) is 16.5. The molecule has 78 valence electrons. The van der Waals surface area contributed by atoms with E-state index >= 15 is 0 Å². The molecule has 0 aromatic carbocycles. The number of hydrazine groups is 1. The van der Waals surface area contributed by atoms with Crippen molar-refractivity contribution >= 4 is 5.91 Å². The highest BCUT2D eigenvalue weighted by Crippen LogP contribution is 2.35. The van der Waals surface area contributed by atoms with Crippen LogP contribution in [0.3, 0.4) is 0 Å². The number of carbonyl (C=O) groups is 1. The van der Waals surface area contributed by atoms with E-state index in [1.54, 1.807) is 0 Å². The third kappa shape index (κ3) is 2.28. The van der Waals surface area contributed by atoms with Gasteiger partial charge in [-0.05, 0) is 6.92 Å². The Bertz CT molecular complexity index is 195. The molecule has 0 saturated carbocycles. The molecule has 0 aliphatic rings. The van der Waals surface area contributed by atoms with E-state index < -0.39 is 24.5 Å². The second-order valence-electron chi connectivity index (χ2n) is 2.00. The van der Waals surface area contributed by atoms with Gasteiger partial charge in [-0.1, -0.05) is 0 Å². The van der Waals surface area contributed by atoms with Gasteiger partial charge >= 0.3 is 17.9 Å². The zero-order chi connectivity index (χ0) is 10.7. The average molecular weight is 204 g/mol. The van der Waals surface area contributed by atoms with Crippen molar-refractivity contribution < 1.29 is 27.1 Å². The summed E-state index contributed by atoms with van der Waals surface area (Å²) in [4.78, 5) is 10.4. The van der Waals surface area contributed by atoms with Crippen LogP contribution in [0, 0.1) is 0 Å². The van der Waals surface area contributed by atoms with Gasteiger partial charge in [0.2, 0.25) is 0 Å². The number of rotatable bonds is 3. The van der Waals surface area contributed by atoms with E-state index in [9.17, 15) is 22.4 Å². The zero-order valence-corrected chi connectivity index (χ0v) is 6.61. The van der Waals surface area contributed by atoms with Gasteiger partial charge in [-0.2, -0.15) is 17.6 Å². The summed E-state index contributed by atoms with van der Waals surface area (Å²) in [6.45, 7) is 0.507. The summed E-state index contributed by atoms with van der Waals surface area (Å²) in [6.07, 6.45) is -5.45. The summed E-state index contributed by atoms with van der Waals surface area (Å²) < 4.78 is 52.3. The third-order valence-corrected chi connectivity index (χ3v) is 1.13. The molecule has 8 heteroatoms. The number of hydrogen-bond acceptors (Lipinski definition) is 3. The Labute approximate surface area is 71.0 Å². The van der Waals surface area contributed by atoms with Gasteiger partial charge in [0.05, 0.1) is 0 Å². The number of alkyl halides is 4. The van der Waals surface area contributed by atoms with Crippen molar-refractivity contribution in [1.82, 2.24) is 5.43 Å². The van der Waals surface area contributed by atoms with Gasteiger partial charge in [0, 0.05) is 6.61 Å². The first-order chi connectivity index (χ1) is 5.79. The summed E-state index contributed by atoms with van der Waals surface area (Å²) in [7, 11) is 0. The van der Waals surface area contributed by atoms with E-state index in [-0.39, 0.29) is 0 Å². The first-order valence-electron chi connectivity index (χ1n) is 3.20. The van der Waals surface area contributed by atoms with Gasteiger partial charge in [0.25, 0.3) is 0 Å². The molecule has 1 atom stereocenters. The molecule has 0 aliphatic carbocycles. The lowest BCUT2D eigenvalue weighted by molar-refractivity contribution is -0.314. The molecular formula is C5H8F4N2O2. The first kappa shape index (κ1) is 12.1. The average Bonchev–Trinajstić information content (AvgIpc) is 2.01. The number of nitrogens with two attached hydrogens (primary N) is 1. The molecule has 0 rings (SSSR count). The maximum atomic E-state index is 12.9. The van der Waals surface area contributed by atoms with E-state index in [1.165, 1.54) is 0 Å². The molecule has 1 unspecified atom stereocenters. The van der Waals surface area contributed by atoms with Crippen molar-refractivity contribution in [3.8, 4) is 0 Å². The number of hydrogen-bond donors (Lipinski definition) is 2. The molecular weight excluding hydrogens is 196 g/mol. The van der Waals surface area contributed by atoms with Crippen LogP contribution in [0.5, 0.6) is 0 Å². The minimum absolute atomic E-state index is 0.608. The lowest BCUT2D eigenvalue weighted by Crippen LogP contribution is -2.57. The fraction of sp³-hybridized carbons (Fsp3) is 0.800. The maximum Gasteiger partial charge on any atom is 0.458 e. The molecule has 0 bridgehead atoms. The lowest BCUT2D eigenvalue weighted by atomic mass is 10.3. The molecule has 13 heavy (non-hydrogen) atoms. The molecule has 0 radical (unpaired) electrons. The summed E-state index contributed by atoms with van der Waals surface area (Å²) in [5.74, 6) is -2.09. The Morgan fingerprint density at radius 2 is 1.92 bits per heavy atom. The standard InChI is InChI=1S/C5H8F4N2O2/c1-2-13-4(6,3(12)11-10)5(7,8)9/h2,10H2,1H3,(H,11,12). The van der Waals surface area contributed by atoms with Gasteiger partial charge in [-0.25, -0.2) is 5.84 Å². The number of nitrogens with one attached hydrogen (secondary N) is 1. The Morgan fingerprint density at radius 3 is 2.15 bits per heavy atom. The highest BCUT2D eigenvalue weighted by Gasteiger charge is 2.63. The topological polar surface area (TPSA) is 64.3 Å². The van der Waals surface area contributed by atoms with E-state index in [0.717, 1.165) is 12.3 Å². The van der Waals surface area contributed by atoms with E-state index in [2.05, 4.69) is 10.6 Å². The van der Waals surface area contributed by atoms with Crippen LogP contribution in [0.2, 0.25) is 0 Å². The second kappa shape index (κ2) is 3.88. The quantitative estimate of drug-likeness (QED) is 0.299. The highest BCUT2D eigenvalue weighted by atomic mass is 19.4. The largest absolute Gasteiger partial charge is 0.458 e. The van der Waals surface area contributed by atoms with Crippen molar-refractivity contribution in [1.29, 1.82) is 0 Å². The minimum atomic E-state index is -5.45. The van der Waals surface area contributed by atoms with Crippen molar-refractivity contribution in [2.45, 2.75) is 19.0 Å². The fourth-order valence-corrected chi connectivity index (χ4v) is 0.568. The van der Waals surface area contributed by atoms with Gasteiger partial charge in [0.1, 0.15) is 0 Å². The smallest absolute Gasteiger partial charge is 0.332 e. The first-order valence-corrected chi connectivity index (χ1v) is 3.20. The highest BCUT2D eigenvalue weighted by molar-refractivity contribution is 5.83. The second-order valence-corrected chi connectivity index (χ2v) is 2.00. The van der Waals surface area contributed by atoms with Gasteiger partial charge in [-0.15, -0.1) is 0 Å². The van der Waals surface area contributed by atoms with Crippen LogP contribution in [0.4, 0.5) is 17.6 Å². The van der Waals surface area contributed by atoms with Crippen LogP contribution in [-0.2, 0) is 9.53 Å². The Balaban J connectivity index is 4.83. The van der Waals surface area contributed by atoms with Crippen molar-refractivity contribution in [2.75, 3.05) is 6.61 Å². The molecule has 1 amide bonds. The van der Waals surface area contributed by atoms with Crippen molar-refractivity contribution in [2.24, 2.45) is 5.84 Å². The SMILES string of the molecule is CCOC(F)(C(=O)NN)C(F)(F)F. The van der Waals surface area contributed by atoms with Crippen molar-refractivity contribution in [3.05, 3.63) is 0 Å². The molecule has 0 heterocycles. The summed E-state index contributed by atoms with van der Waals surface area (Å²) in [5.41, 5.74) is 1.04. The van der Waals surface area contributed by atoms with E-state index in [1.807, 2.05) is 0 Å². The maximum absolute atomic E-state index is 12.9. The van der Waals surface area contributed by atoms with Crippen molar-refractivity contribution in [3.63, 3.8) is 0 Å². The molecule has 0 aromatic heterocycles.